The van der Waals surface area contributed by atoms with Gasteiger partial charge in [-0.1, -0.05) is 0 Å². The van der Waals surface area contributed by atoms with Gasteiger partial charge in [0.2, 0.25) is 0 Å². The monoisotopic (exact) mass is 205 g/mol. The maximum Gasteiger partial charge on any atom is 0.310 e. The molecule has 0 atom stereocenters. The molecule has 1 rings (SSSR count). The maximum atomic E-state index is 11.1. The lowest BCUT2D eigenvalue weighted by Gasteiger charge is -2.03. The molecule has 1 heterocycles. The Balaban J connectivity index is 2.76. The third kappa shape index (κ3) is 2.95. The molecule has 2 N–H and O–H groups in total. The number of nitrogens with two attached hydrogens (primary N) is 1. The van der Waals surface area contributed by atoms with Crippen LogP contribution in [0, 0.1) is 11.3 Å². The number of carbonyl (C=O) groups is 1. The number of hydrogen-bond acceptors (Lipinski definition) is 5. The van der Waals surface area contributed by atoms with E-state index in [1.807, 2.05) is 6.07 Å². The Bertz CT molecular complexity index is 410. The summed E-state index contributed by atoms with van der Waals surface area (Å²) in [7, 11) is 0. The SMILES string of the molecule is CCOC(=O)Cc1cnc(C#N)c(N)c1. The van der Waals surface area contributed by atoms with E-state index in [0.717, 1.165) is 0 Å². The van der Waals surface area contributed by atoms with E-state index in [2.05, 4.69) is 4.98 Å². The van der Waals surface area contributed by atoms with Crippen molar-refractivity contribution in [2.75, 3.05) is 12.3 Å². The zero-order valence-electron chi connectivity index (χ0n) is 8.36. The Morgan fingerprint density at radius 2 is 2.47 bits per heavy atom. The number of aromatic nitrogens is 1. The first-order chi connectivity index (χ1) is 7.17. The van der Waals surface area contributed by atoms with E-state index in [4.69, 9.17) is 15.7 Å². The fourth-order valence-corrected chi connectivity index (χ4v) is 1.10. The lowest BCUT2D eigenvalue weighted by molar-refractivity contribution is -0.142. The molecule has 0 amide bonds. The van der Waals surface area contributed by atoms with Crippen molar-refractivity contribution in [3.63, 3.8) is 0 Å². The van der Waals surface area contributed by atoms with Crippen molar-refractivity contribution < 1.29 is 9.53 Å². The van der Waals surface area contributed by atoms with Gasteiger partial charge in [-0.05, 0) is 18.6 Å². The zero-order chi connectivity index (χ0) is 11.3. The van der Waals surface area contributed by atoms with Gasteiger partial charge in [0.15, 0.2) is 5.69 Å². The van der Waals surface area contributed by atoms with Crippen LogP contribution in [0.25, 0.3) is 0 Å². The van der Waals surface area contributed by atoms with Gasteiger partial charge < -0.3 is 10.5 Å². The summed E-state index contributed by atoms with van der Waals surface area (Å²) >= 11 is 0. The number of anilines is 1. The van der Waals surface area contributed by atoms with Gasteiger partial charge in [-0.3, -0.25) is 4.79 Å². The Morgan fingerprint density at radius 1 is 1.73 bits per heavy atom. The minimum Gasteiger partial charge on any atom is -0.466 e. The normalized spacial score (nSPS) is 9.33. The predicted octanol–water partition coefficient (Wildman–Crippen LogP) is 0.641. The van der Waals surface area contributed by atoms with E-state index in [1.54, 1.807) is 13.0 Å². The van der Waals surface area contributed by atoms with Gasteiger partial charge in [-0.15, -0.1) is 0 Å². The molecule has 0 saturated carbocycles. The number of pyridine rings is 1. The standard InChI is InChI=1S/C10H11N3O2/c1-2-15-10(14)4-7-3-8(12)9(5-11)13-6-7/h3,6H,2,4,12H2,1H3. The number of carbonyl (C=O) groups excluding carboxylic acids is 1. The molecule has 15 heavy (non-hydrogen) atoms. The quantitative estimate of drug-likeness (QED) is 0.731. The Kier molecular flexibility index (Phi) is 3.63. The largest absolute Gasteiger partial charge is 0.466 e. The number of hydrogen-bond donors (Lipinski definition) is 1. The van der Waals surface area contributed by atoms with Crippen LogP contribution in [0.15, 0.2) is 12.3 Å². The molecule has 1 aromatic rings. The minimum absolute atomic E-state index is 0.122. The summed E-state index contributed by atoms with van der Waals surface area (Å²) in [4.78, 5) is 14.9. The highest BCUT2D eigenvalue weighted by Gasteiger charge is 2.06. The van der Waals surface area contributed by atoms with Crippen molar-refractivity contribution in [3.8, 4) is 6.07 Å². The molecule has 1 aromatic heterocycles. The molecule has 5 nitrogen and oxygen atoms in total. The van der Waals surface area contributed by atoms with Crippen LogP contribution in [-0.4, -0.2) is 17.6 Å². The Morgan fingerprint density at radius 3 is 3.00 bits per heavy atom. The van der Waals surface area contributed by atoms with Gasteiger partial charge in [0.05, 0.1) is 18.7 Å². The second-order valence-electron chi connectivity index (χ2n) is 2.88. The lowest BCUT2D eigenvalue weighted by Crippen LogP contribution is -2.08. The molecule has 78 valence electrons. The molecular formula is C10H11N3O2. The number of rotatable bonds is 3. The highest BCUT2D eigenvalue weighted by atomic mass is 16.5. The third-order valence-corrected chi connectivity index (χ3v) is 1.73. The number of nitriles is 1. The molecule has 0 aromatic carbocycles. The molecule has 0 bridgehead atoms. The molecule has 0 aliphatic heterocycles. The number of nitrogens with zero attached hydrogens (tertiary/aromatic N) is 2. The van der Waals surface area contributed by atoms with Crippen LogP contribution in [0.4, 0.5) is 5.69 Å². The molecule has 0 radical (unpaired) electrons. The van der Waals surface area contributed by atoms with Crippen molar-refractivity contribution in [1.29, 1.82) is 5.26 Å². The van der Waals surface area contributed by atoms with Crippen molar-refractivity contribution in [2.45, 2.75) is 13.3 Å². The summed E-state index contributed by atoms with van der Waals surface area (Å²) in [5, 5.41) is 8.59. The first-order valence-electron chi connectivity index (χ1n) is 4.47. The molecule has 0 fully saturated rings. The molecule has 0 spiro atoms. The average molecular weight is 205 g/mol. The number of esters is 1. The first kappa shape index (κ1) is 11.0. The van der Waals surface area contributed by atoms with Crippen LogP contribution in [0.3, 0.4) is 0 Å². The summed E-state index contributed by atoms with van der Waals surface area (Å²) in [5.41, 5.74) is 6.63. The molecular weight excluding hydrogens is 194 g/mol. The molecule has 0 saturated heterocycles. The second kappa shape index (κ2) is 4.96. The topological polar surface area (TPSA) is 89.0 Å². The van der Waals surface area contributed by atoms with Gasteiger partial charge in [0.25, 0.3) is 0 Å². The van der Waals surface area contributed by atoms with Gasteiger partial charge >= 0.3 is 5.97 Å². The van der Waals surface area contributed by atoms with Gasteiger partial charge in [0, 0.05) is 6.20 Å². The van der Waals surface area contributed by atoms with Crippen LogP contribution in [-0.2, 0) is 16.0 Å². The summed E-state index contributed by atoms with van der Waals surface area (Å²) in [6, 6.07) is 3.41. The van der Waals surface area contributed by atoms with E-state index in [1.165, 1.54) is 6.20 Å². The molecule has 0 aliphatic rings. The van der Waals surface area contributed by atoms with Gasteiger partial charge in [-0.2, -0.15) is 5.26 Å². The molecule has 0 aliphatic carbocycles. The first-order valence-corrected chi connectivity index (χ1v) is 4.47. The van der Waals surface area contributed by atoms with Crippen LogP contribution < -0.4 is 5.73 Å². The zero-order valence-corrected chi connectivity index (χ0v) is 8.36. The van der Waals surface area contributed by atoms with Gasteiger partial charge in [-0.25, -0.2) is 4.98 Å². The summed E-state index contributed by atoms with van der Waals surface area (Å²) in [6.45, 7) is 2.08. The number of nitrogen functional groups attached to an aromatic ring is 1. The van der Waals surface area contributed by atoms with Crippen molar-refractivity contribution in [1.82, 2.24) is 4.98 Å². The van der Waals surface area contributed by atoms with E-state index in [0.29, 0.717) is 12.2 Å². The lowest BCUT2D eigenvalue weighted by atomic mass is 10.2. The smallest absolute Gasteiger partial charge is 0.310 e. The number of ether oxygens (including phenoxy) is 1. The summed E-state index contributed by atoms with van der Waals surface area (Å²) < 4.78 is 4.77. The summed E-state index contributed by atoms with van der Waals surface area (Å²) in [5.74, 6) is -0.330. The van der Waals surface area contributed by atoms with E-state index < -0.39 is 0 Å². The van der Waals surface area contributed by atoms with E-state index in [-0.39, 0.29) is 23.8 Å². The highest BCUT2D eigenvalue weighted by Crippen LogP contribution is 2.10. The van der Waals surface area contributed by atoms with E-state index >= 15 is 0 Å². The van der Waals surface area contributed by atoms with Crippen LogP contribution in [0.5, 0.6) is 0 Å². The Hall–Kier alpha value is -2.09. The van der Waals surface area contributed by atoms with Gasteiger partial charge in [0.1, 0.15) is 6.07 Å². The van der Waals surface area contributed by atoms with Crippen molar-refractivity contribution >= 4 is 11.7 Å². The van der Waals surface area contributed by atoms with Crippen molar-refractivity contribution in [3.05, 3.63) is 23.5 Å². The predicted molar refractivity (Wildman–Crippen MR) is 53.7 cm³/mol. The molecule has 0 unspecified atom stereocenters. The maximum absolute atomic E-state index is 11.1. The van der Waals surface area contributed by atoms with Crippen LogP contribution in [0.2, 0.25) is 0 Å². The third-order valence-electron chi connectivity index (χ3n) is 1.73. The highest BCUT2D eigenvalue weighted by molar-refractivity contribution is 5.73. The fourth-order valence-electron chi connectivity index (χ4n) is 1.10. The van der Waals surface area contributed by atoms with Crippen molar-refractivity contribution in [2.24, 2.45) is 0 Å². The fraction of sp³-hybridized carbons (Fsp3) is 0.300. The summed E-state index contributed by atoms with van der Waals surface area (Å²) in [6.07, 6.45) is 1.57. The average Bonchev–Trinajstić information content (AvgIpc) is 2.18. The molecule has 5 heteroatoms. The Labute approximate surface area is 87.5 Å². The van der Waals surface area contributed by atoms with Crippen LogP contribution in [0.1, 0.15) is 18.2 Å². The minimum atomic E-state index is -0.330. The second-order valence-corrected chi connectivity index (χ2v) is 2.88. The van der Waals surface area contributed by atoms with E-state index in [9.17, 15) is 4.79 Å². The van der Waals surface area contributed by atoms with Crippen LogP contribution >= 0.6 is 0 Å².